The van der Waals surface area contributed by atoms with Crippen molar-refractivity contribution in [1.82, 2.24) is 45.9 Å². The molecular formula is C72H76FN11O15. The summed E-state index contributed by atoms with van der Waals surface area (Å²) in [6.45, 7) is 7.37. The van der Waals surface area contributed by atoms with Crippen LogP contribution in [0.25, 0.3) is 22.3 Å². The van der Waals surface area contributed by atoms with Crippen molar-refractivity contribution in [3.05, 3.63) is 169 Å². The van der Waals surface area contributed by atoms with Crippen molar-refractivity contribution in [3.63, 3.8) is 0 Å². The second-order valence-corrected chi connectivity index (χ2v) is 25.8. The van der Waals surface area contributed by atoms with E-state index in [1.807, 2.05) is 13.8 Å². The first-order valence-electron chi connectivity index (χ1n) is 32.9. The number of likely N-dealkylation sites (tertiary alicyclic amines) is 1. The van der Waals surface area contributed by atoms with Gasteiger partial charge in [0.15, 0.2) is 0 Å². The van der Waals surface area contributed by atoms with Gasteiger partial charge in [-0.1, -0.05) is 63.2 Å². The number of carbonyl (C=O) groups excluding carboxylic acids is 11. The number of pyridine rings is 2. The Morgan fingerprint density at radius 3 is 2.26 bits per heavy atom. The molecule has 1 saturated heterocycles. The highest BCUT2D eigenvalue weighted by Crippen LogP contribution is 2.47. The van der Waals surface area contributed by atoms with Gasteiger partial charge in [-0.3, -0.25) is 43.2 Å². The number of nitrogens with zero attached hydrogens (tertiary/aromatic N) is 5. The molecular weight excluding hydrogens is 1280 g/mol. The second-order valence-electron chi connectivity index (χ2n) is 25.8. The first kappa shape index (κ1) is 69.2. The number of cyclic esters (lactones) is 1. The normalized spacial score (nSPS) is 17.4. The van der Waals surface area contributed by atoms with Gasteiger partial charge in [0.25, 0.3) is 23.3 Å². The van der Waals surface area contributed by atoms with Crippen molar-refractivity contribution in [1.29, 1.82) is 0 Å². The number of imide groups is 1. The van der Waals surface area contributed by atoms with Crippen molar-refractivity contribution < 1.29 is 71.3 Å². The van der Waals surface area contributed by atoms with Crippen molar-refractivity contribution in [3.8, 4) is 11.4 Å². The minimum absolute atomic E-state index is 0.0153. The summed E-state index contributed by atoms with van der Waals surface area (Å²) in [7, 11) is 1.47. The number of hydrogen-bond donors (Lipinski definition) is 6. The van der Waals surface area contributed by atoms with Gasteiger partial charge in [-0.25, -0.2) is 28.7 Å². The van der Waals surface area contributed by atoms with E-state index >= 15 is 4.39 Å². The quantitative estimate of drug-likeness (QED) is 0.0243. The molecule has 0 unspecified atom stereocenters. The van der Waals surface area contributed by atoms with E-state index in [1.165, 1.54) is 39.6 Å². The predicted octanol–water partition coefficient (Wildman–Crippen LogP) is 6.01. The number of carbonyl (C=O) groups is 11. The fraction of sp³-hybridized carbons (Fsp3) is 0.375. The summed E-state index contributed by atoms with van der Waals surface area (Å²) in [6.07, 6.45) is 3.69. The summed E-state index contributed by atoms with van der Waals surface area (Å²) < 4.78 is 34.7. The molecule has 11 rings (SSSR count). The number of aromatic nitrogens is 2. The zero-order valence-corrected chi connectivity index (χ0v) is 55.6. The number of rotatable bonds is 23. The van der Waals surface area contributed by atoms with Crippen LogP contribution in [0.3, 0.4) is 0 Å². The number of nitrogens with one attached hydrogen (secondary N) is 6. The molecule has 516 valence electrons. The average molecular weight is 1350 g/mol. The molecule has 4 atom stereocenters. The largest absolute Gasteiger partial charge is 0.457 e. The summed E-state index contributed by atoms with van der Waals surface area (Å²) in [4.78, 5) is 169. The van der Waals surface area contributed by atoms with Crippen LogP contribution in [0, 0.1) is 25.6 Å². The van der Waals surface area contributed by atoms with Gasteiger partial charge in [-0.2, -0.15) is 0 Å². The first-order valence-corrected chi connectivity index (χ1v) is 32.9. The minimum Gasteiger partial charge on any atom is -0.457 e. The standard InChI is InChI=1S/C72H76FN11O15/c1-7-72(51-30-56-65-49(36-83(56)68(93)50(51)38-97-69(72)94)64-53(78-57(85)22-15-39(2)3)21-20-48-41(5)52(73)31-54(80-65)63(48)64)99-70(95)81(6)35-46-14-11-25-82(46)71(96)98-37-43-16-18-45(19-17-43)77-59(87)34-76-67(92)55(28-42-12-9-8-10-13-42)79-60(88)33-74-58(86)32-75-66(91)44-26-40(4)27-47(29-44)84-61(89)23-24-62(84)90/h8-10,12-13,16-19,23-24,26-27,29-31,39,46,53,55H,7,11,14-15,20-22,25,28,32-38H2,1-6H3,(H,74,86)(H,75,91)(H,76,92)(H,77,87)(H,78,85)(H,79,88)/t46-,53-,55-,72-/m0/s1. The van der Waals surface area contributed by atoms with Gasteiger partial charge >= 0.3 is 18.2 Å². The molecule has 0 bridgehead atoms. The van der Waals surface area contributed by atoms with Crippen LogP contribution >= 0.6 is 0 Å². The topological polar surface area (TPSA) is 332 Å². The lowest BCUT2D eigenvalue weighted by atomic mass is 9.81. The summed E-state index contributed by atoms with van der Waals surface area (Å²) >= 11 is 0. The molecule has 4 aromatic carbocycles. The zero-order valence-electron chi connectivity index (χ0n) is 55.6. The number of ether oxygens (including phenoxy) is 3. The molecule has 27 heteroatoms. The molecule has 1 aliphatic carbocycles. The highest BCUT2D eigenvalue weighted by atomic mass is 19.1. The molecule has 0 radical (unpaired) electrons. The maximum atomic E-state index is 15.6. The fourth-order valence-electron chi connectivity index (χ4n) is 13.3. The minimum atomic E-state index is -2.07. The smallest absolute Gasteiger partial charge is 0.411 e. The lowest BCUT2D eigenvalue weighted by molar-refractivity contribution is -0.173. The summed E-state index contributed by atoms with van der Waals surface area (Å²) in [5, 5.41) is 16.6. The highest BCUT2D eigenvalue weighted by molar-refractivity contribution is 6.28. The molecule has 6 N–H and O–H groups in total. The van der Waals surface area contributed by atoms with E-state index in [1.54, 1.807) is 87.5 Å². The fourth-order valence-corrected chi connectivity index (χ4v) is 13.3. The lowest BCUT2D eigenvalue weighted by Crippen LogP contribution is -2.52. The molecule has 5 aliphatic rings. The molecule has 6 aromatic rings. The van der Waals surface area contributed by atoms with Gasteiger partial charge in [0.1, 0.15) is 25.1 Å². The van der Waals surface area contributed by atoms with Gasteiger partial charge in [0.05, 0.1) is 66.4 Å². The Morgan fingerprint density at radius 1 is 0.808 bits per heavy atom. The van der Waals surface area contributed by atoms with Gasteiger partial charge < -0.3 is 60.5 Å². The molecule has 0 saturated carbocycles. The number of likely N-dealkylation sites (N-methyl/N-ethyl adjacent to an activating group) is 1. The molecule has 1 fully saturated rings. The highest BCUT2D eigenvalue weighted by Gasteiger charge is 2.52. The third-order valence-corrected chi connectivity index (χ3v) is 18.5. The Kier molecular flexibility index (Phi) is 20.5. The molecule has 2 aromatic heterocycles. The van der Waals surface area contributed by atoms with Crippen LogP contribution in [0.5, 0.6) is 0 Å². The van der Waals surface area contributed by atoms with E-state index in [4.69, 9.17) is 19.2 Å². The molecule has 26 nitrogen and oxygen atoms in total. The van der Waals surface area contributed by atoms with Crippen LogP contribution in [0.15, 0.2) is 102 Å². The molecule has 10 amide bonds. The van der Waals surface area contributed by atoms with E-state index in [9.17, 15) is 57.5 Å². The zero-order chi connectivity index (χ0) is 70.6. The maximum absolute atomic E-state index is 15.6. The second kappa shape index (κ2) is 29.3. The van der Waals surface area contributed by atoms with Gasteiger partial charge in [-0.05, 0) is 128 Å². The number of benzene rings is 4. The van der Waals surface area contributed by atoms with Gasteiger partial charge in [0, 0.05) is 79.0 Å². The number of esters is 1. The maximum Gasteiger partial charge on any atom is 0.411 e. The van der Waals surface area contributed by atoms with E-state index < -0.39 is 114 Å². The van der Waals surface area contributed by atoms with Gasteiger partial charge in [0.2, 0.25) is 35.1 Å². The van der Waals surface area contributed by atoms with Crippen LogP contribution in [0.2, 0.25) is 0 Å². The SMILES string of the molecule is CC[C@@]1(OC(=O)N(C)C[C@@H]2CCCN2C(=O)OCc2ccc(NC(=O)CNC(=O)[C@H](Cc3ccccc3)NC(=O)CNC(=O)CNC(=O)c3cc(C)cc(N4C(=O)C=CC4=O)c3)cc2)C(=O)OCc2c1cc1n(c2=O)Cc2c-1nc1cc(F)c(C)c3c1c2[C@@H](NC(=O)CCC(C)C)CC3. The van der Waals surface area contributed by atoms with Gasteiger partial charge in [-0.15, -0.1) is 0 Å². The van der Waals surface area contributed by atoms with Crippen molar-refractivity contribution in [2.75, 3.05) is 50.0 Å². The Labute approximate surface area is 568 Å². The summed E-state index contributed by atoms with van der Waals surface area (Å²) in [5.41, 5.74) is 3.98. The molecule has 99 heavy (non-hydrogen) atoms. The van der Waals surface area contributed by atoms with E-state index in [0.717, 1.165) is 33.6 Å². The Morgan fingerprint density at radius 2 is 1.54 bits per heavy atom. The number of hydrogen-bond acceptors (Lipinski definition) is 16. The van der Waals surface area contributed by atoms with Crippen LogP contribution in [-0.2, 0) is 90.8 Å². The summed E-state index contributed by atoms with van der Waals surface area (Å²) in [6, 6.07) is 20.4. The van der Waals surface area contributed by atoms with E-state index in [0.29, 0.717) is 101 Å². The third kappa shape index (κ3) is 14.9. The van der Waals surface area contributed by atoms with E-state index in [-0.39, 0.29) is 67.4 Å². The Bertz CT molecular complexity index is 4380. The number of amides is 10. The average Bonchev–Trinajstić information content (AvgIpc) is 1.61. The number of fused-ring (bicyclic) bond motifs is 5. The number of halogens is 1. The first-order chi connectivity index (χ1) is 47.4. The monoisotopic (exact) mass is 1350 g/mol. The van der Waals surface area contributed by atoms with Crippen molar-refractivity contribution in [2.24, 2.45) is 5.92 Å². The van der Waals surface area contributed by atoms with Crippen LogP contribution in [0.1, 0.15) is 126 Å². The number of anilines is 2. The Hall–Kier alpha value is -11.1. The molecule has 0 spiro atoms. The molecule has 6 heterocycles. The van der Waals surface area contributed by atoms with Crippen LogP contribution in [0.4, 0.5) is 25.4 Å². The summed E-state index contributed by atoms with van der Waals surface area (Å²) in [5.74, 6) is -5.71. The van der Waals surface area contributed by atoms with Crippen LogP contribution in [-0.4, -0.2) is 137 Å². The van der Waals surface area contributed by atoms with Crippen LogP contribution < -0.4 is 42.4 Å². The van der Waals surface area contributed by atoms with Crippen molar-refractivity contribution in [2.45, 2.75) is 129 Å². The Balaban J connectivity index is 0.665. The lowest BCUT2D eigenvalue weighted by Gasteiger charge is -2.37. The van der Waals surface area contributed by atoms with Crippen molar-refractivity contribution >= 4 is 87.7 Å². The third-order valence-electron chi connectivity index (χ3n) is 18.5. The number of aryl methyl sites for hydroxylation is 2. The molecule has 4 aliphatic heterocycles. The predicted molar refractivity (Wildman–Crippen MR) is 358 cm³/mol. The van der Waals surface area contributed by atoms with E-state index in [2.05, 4.69) is 31.9 Å².